The molecule has 2 rings (SSSR count). The van der Waals surface area contributed by atoms with Gasteiger partial charge in [0.25, 0.3) is 5.91 Å². The number of hydrogen-bond donors (Lipinski definition) is 2. The largest absolute Gasteiger partial charge is 0.384 e. The number of carbonyl (C=O) groups excluding carboxylic acids is 1. The minimum atomic E-state index is -0.106. The molecule has 0 aliphatic rings. The van der Waals surface area contributed by atoms with E-state index in [-0.39, 0.29) is 5.91 Å². The first-order valence-electron chi connectivity index (χ1n) is 7.22. The molecule has 0 unspecified atom stereocenters. The fourth-order valence-corrected chi connectivity index (χ4v) is 2.02. The van der Waals surface area contributed by atoms with E-state index in [1.807, 2.05) is 37.3 Å². The number of carbonyl (C=O) groups is 1. The van der Waals surface area contributed by atoms with Crippen molar-refractivity contribution in [2.75, 3.05) is 11.9 Å². The van der Waals surface area contributed by atoms with Gasteiger partial charge in [0.05, 0.1) is 11.3 Å². The van der Waals surface area contributed by atoms with Gasteiger partial charge in [-0.1, -0.05) is 31.2 Å². The van der Waals surface area contributed by atoms with Gasteiger partial charge in [0.2, 0.25) is 0 Å². The number of aryl methyl sites for hydroxylation is 1. The van der Waals surface area contributed by atoms with E-state index in [1.54, 1.807) is 12.4 Å². The van der Waals surface area contributed by atoms with Crippen LogP contribution >= 0.6 is 0 Å². The Morgan fingerprint density at radius 2 is 2.05 bits per heavy atom. The number of benzene rings is 1. The van der Waals surface area contributed by atoms with E-state index in [0.717, 1.165) is 24.2 Å². The number of amides is 1. The number of hydrogen-bond acceptors (Lipinski definition) is 3. The highest BCUT2D eigenvalue weighted by molar-refractivity contribution is 5.94. The van der Waals surface area contributed by atoms with Crippen LogP contribution in [0.25, 0.3) is 0 Å². The lowest BCUT2D eigenvalue weighted by Crippen LogP contribution is -2.23. The highest BCUT2D eigenvalue weighted by atomic mass is 16.1. The van der Waals surface area contributed by atoms with Crippen LogP contribution in [0, 0.1) is 6.92 Å². The molecule has 1 heterocycles. The molecule has 4 nitrogen and oxygen atoms in total. The summed E-state index contributed by atoms with van der Waals surface area (Å²) < 4.78 is 0. The normalized spacial score (nSPS) is 10.2. The molecule has 1 amide bonds. The molecule has 110 valence electrons. The summed E-state index contributed by atoms with van der Waals surface area (Å²) in [6.45, 7) is 5.53. The maximum absolute atomic E-state index is 12.2. The van der Waals surface area contributed by atoms with Gasteiger partial charge in [0.15, 0.2) is 0 Å². The third kappa shape index (κ3) is 4.31. The van der Waals surface area contributed by atoms with E-state index in [1.165, 1.54) is 5.56 Å². The summed E-state index contributed by atoms with van der Waals surface area (Å²) in [4.78, 5) is 16.3. The average molecular weight is 283 g/mol. The Morgan fingerprint density at radius 1 is 1.24 bits per heavy atom. The van der Waals surface area contributed by atoms with Crippen LogP contribution in [0.15, 0.2) is 42.7 Å². The molecular formula is C17H21N3O. The van der Waals surface area contributed by atoms with Gasteiger partial charge in [-0.2, -0.15) is 0 Å². The van der Waals surface area contributed by atoms with Crippen molar-refractivity contribution in [1.29, 1.82) is 0 Å². The monoisotopic (exact) mass is 283 g/mol. The van der Waals surface area contributed by atoms with E-state index in [0.29, 0.717) is 12.1 Å². The van der Waals surface area contributed by atoms with Crippen molar-refractivity contribution in [3.05, 3.63) is 59.4 Å². The number of aromatic nitrogens is 1. The third-order valence-electron chi connectivity index (χ3n) is 3.28. The van der Waals surface area contributed by atoms with Crippen molar-refractivity contribution in [3.8, 4) is 0 Å². The van der Waals surface area contributed by atoms with Crippen molar-refractivity contribution in [3.63, 3.8) is 0 Å². The van der Waals surface area contributed by atoms with Crippen LogP contribution in [0.1, 0.15) is 34.8 Å². The Morgan fingerprint density at radius 3 is 2.81 bits per heavy atom. The quantitative estimate of drug-likeness (QED) is 0.856. The molecule has 0 bridgehead atoms. The highest BCUT2D eigenvalue weighted by Gasteiger charge is 2.07. The van der Waals surface area contributed by atoms with Crippen LogP contribution in [0.3, 0.4) is 0 Å². The Balaban J connectivity index is 1.98. The zero-order chi connectivity index (χ0) is 15.1. The van der Waals surface area contributed by atoms with E-state index < -0.39 is 0 Å². The molecule has 0 fully saturated rings. The molecule has 0 aliphatic heterocycles. The molecular weight excluding hydrogens is 262 g/mol. The van der Waals surface area contributed by atoms with Gasteiger partial charge in [-0.15, -0.1) is 0 Å². The first-order chi connectivity index (χ1) is 10.2. The molecule has 21 heavy (non-hydrogen) atoms. The van der Waals surface area contributed by atoms with Gasteiger partial charge in [-0.05, 0) is 30.5 Å². The Labute approximate surface area is 125 Å². The maximum atomic E-state index is 12.2. The minimum absolute atomic E-state index is 0.106. The lowest BCUT2D eigenvalue weighted by Gasteiger charge is -2.09. The van der Waals surface area contributed by atoms with Crippen LogP contribution in [0.2, 0.25) is 0 Å². The molecule has 2 aromatic rings. The molecule has 0 saturated carbocycles. The lowest BCUT2D eigenvalue weighted by molar-refractivity contribution is 0.0950. The fourth-order valence-electron chi connectivity index (χ4n) is 2.02. The van der Waals surface area contributed by atoms with Crippen molar-refractivity contribution in [1.82, 2.24) is 10.3 Å². The summed E-state index contributed by atoms with van der Waals surface area (Å²) in [7, 11) is 0. The molecule has 0 spiro atoms. The van der Waals surface area contributed by atoms with Gasteiger partial charge in [-0.25, -0.2) is 0 Å². The molecule has 1 aromatic carbocycles. The Hall–Kier alpha value is -2.36. The number of pyridine rings is 1. The standard InChI is InChI=1S/C17H21N3O/c1-3-8-19-16-9-15(10-18-12-16)17(21)20-11-14-7-5-4-6-13(14)2/h4-7,9-10,12,19H,3,8,11H2,1-2H3,(H,20,21). The van der Waals surface area contributed by atoms with Crippen LogP contribution in [0.4, 0.5) is 5.69 Å². The molecule has 2 N–H and O–H groups in total. The summed E-state index contributed by atoms with van der Waals surface area (Å²) in [6, 6.07) is 9.86. The predicted molar refractivity (Wildman–Crippen MR) is 85.4 cm³/mol. The van der Waals surface area contributed by atoms with Gasteiger partial charge in [-0.3, -0.25) is 9.78 Å². The van der Waals surface area contributed by atoms with Crippen molar-refractivity contribution in [2.45, 2.75) is 26.8 Å². The van der Waals surface area contributed by atoms with Crippen LogP contribution in [-0.4, -0.2) is 17.4 Å². The maximum Gasteiger partial charge on any atom is 0.253 e. The van der Waals surface area contributed by atoms with E-state index in [9.17, 15) is 4.79 Å². The average Bonchev–Trinajstić information content (AvgIpc) is 2.52. The second kappa shape index (κ2) is 7.43. The lowest BCUT2D eigenvalue weighted by atomic mass is 10.1. The molecule has 0 aliphatic carbocycles. The highest BCUT2D eigenvalue weighted by Crippen LogP contribution is 2.10. The van der Waals surface area contributed by atoms with Crippen molar-refractivity contribution < 1.29 is 4.79 Å². The molecule has 4 heteroatoms. The Bertz CT molecular complexity index is 610. The van der Waals surface area contributed by atoms with E-state index in [2.05, 4.69) is 22.5 Å². The van der Waals surface area contributed by atoms with E-state index in [4.69, 9.17) is 0 Å². The van der Waals surface area contributed by atoms with Gasteiger partial charge >= 0.3 is 0 Å². The number of nitrogens with zero attached hydrogens (tertiary/aromatic N) is 1. The summed E-state index contributed by atoms with van der Waals surface area (Å²) in [6.07, 6.45) is 4.35. The van der Waals surface area contributed by atoms with Gasteiger partial charge in [0.1, 0.15) is 0 Å². The third-order valence-corrected chi connectivity index (χ3v) is 3.28. The van der Waals surface area contributed by atoms with Crippen LogP contribution in [0.5, 0.6) is 0 Å². The molecule has 0 saturated heterocycles. The minimum Gasteiger partial charge on any atom is -0.384 e. The van der Waals surface area contributed by atoms with Crippen molar-refractivity contribution >= 4 is 11.6 Å². The smallest absolute Gasteiger partial charge is 0.253 e. The summed E-state index contributed by atoms with van der Waals surface area (Å²) in [5.74, 6) is -0.106. The van der Waals surface area contributed by atoms with Crippen LogP contribution < -0.4 is 10.6 Å². The predicted octanol–water partition coefficient (Wildman–Crippen LogP) is 3.14. The first-order valence-corrected chi connectivity index (χ1v) is 7.22. The van der Waals surface area contributed by atoms with Gasteiger partial charge in [0, 0.05) is 25.5 Å². The summed E-state index contributed by atoms with van der Waals surface area (Å²) in [5.41, 5.74) is 3.75. The second-order valence-corrected chi connectivity index (χ2v) is 5.00. The molecule has 1 aromatic heterocycles. The first kappa shape index (κ1) is 15.0. The Kier molecular flexibility index (Phi) is 5.32. The number of nitrogens with one attached hydrogen (secondary N) is 2. The SMILES string of the molecule is CCCNc1cncc(C(=O)NCc2ccccc2C)c1. The number of anilines is 1. The number of rotatable bonds is 6. The van der Waals surface area contributed by atoms with Gasteiger partial charge < -0.3 is 10.6 Å². The summed E-state index contributed by atoms with van der Waals surface area (Å²) in [5, 5.41) is 6.16. The fraction of sp³-hybridized carbons (Fsp3) is 0.294. The zero-order valence-corrected chi connectivity index (χ0v) is 12.5. The van der Waals surface area contributed by atoms with E-state index >= 15 is 0 Å². The van der Waals surface area contributed by atoms with Crippen LogP contribution in [-0.2, 0) is 6.54 Å². The zero-order valence-electron chi connectivity index (χ0n) is 12.5. The molecule has 0 radical (unpaired) electrons. The van der Waals surface area contributed by atoms with Crippen molar-refractivity contribution in [2.24, 2.45) is 0 Å². The summed E-state index contributed by atoms with van der Waals surface area (Å²) >= 11 is 0. The second-order valence-electron chi connectivity index (χ2n) is 5.00. The molecule has 0 atom stereocenters. The topological polar surface area (TPSA) is 54.0 Å².